The average Bonchev–Trinajstić information content (AvgIpc) is 3.39. The molecule has 8 heteroatoms. The first-order chi connectivity index (χ1) is 12.7. The summed E-state index contributed by atoms with van der Waals surface area (Å²) in [6.45, 7) is 2.47. The molecule has 0 atom stereocenters. The summed E-state index contributed by atoms with van der Waals surface area (Å²) in [5.74, 6) is 0.391. The van der Waals surface area contributed by atoms with Crippen LogP contribution in [0, 0.1) is 0 Å². The Kier molecular flexibility index (Phi) is 3.31. The maximum atomic E-state index is 12.9. The van der Waals surface area contributed by atoms with Crippen molar-refractivity contribution in [2.45, 2.75) is 6.92 Å². The van der Waals surface area contributed by atoms with Gasteiger partial charge < -0.3 is 4.90 Å². The van der Waals surface area contributed by atoms with E-state index in [-0.39, 0.29) is 11.5 Å². The number of carbonyl (C=O) groups is 1. The number of thiazole rings is 1. The number of benzene rings is 1. The Balaban J connectivity index is 1.79. The second-order valence-electron chi connectivity index (χ2n) is 5.78. The van der Waals surface area contributed by atoms with Gasteiger partial charge in [-0.3, -0.25) is 9.59 Å². The number of fused-ring (bicyclic) bond motifs is 2. The fourth-order valence-electron chi connectivity index (χ4n) is 3.21. The highest BCUT2D eigenvalue weighted by atomic mass is 32.1. The monoisotopic (exact) mass is 380 g/mol. The first-order valence-corrected chi connectivity index (χ1v) is 9.77. The zero-order valence-electron chi connectivity index (χ0n) is 13.7. The van der Waals surface area contributed by atoms with E-state index in [0.29, 0.717) is 27.4 Å². The third kappa shape index (κ3) is 2.03. The predicted molar refractivity (Wildman–Crippen MR) is 103 cm³/mol. The van der Waals surface area contributed by atoms with Crippen LogP contribution >= 0.6 is 22.7 Å². The molecule has 0 N–H and O–H groups in total. The van der Waals surface area contributed by atoms with E-state index in [2.05, 4.69) is 10.1 Å². The van der Waals surface area contributed by atoms with E-state index in [9.17, 15) is 9.59 Å². The molecular weight excluding hydrogens is 368 g/mol. The molecule has 26 heavy (non-hydrogen) atoms. The van der Waals surface area contributed by atoms with Gasteiger partial charge in [0.25, 0.3) is 11.5 Å². The molecule has 0 saturated carbocycles. The molecule has 0 saturated heterocycles. The van der Waals surface area contributed by atoms with Gasteiger partial charge in [0, 0.05) is 12.1 Å². The van der Waals surface area contributed by atoms with Gasteiger partial charge >= 0.3 is 0 Å². The molecule has 1 aromatic carbocycles. The lowest BCUT2D eigenvalue weighted by atomic mass is 10.1. The summed E-state index contributed by atoms with van der Waals surface area (Å²) in [7, 11) is 0. The predicted octanol–water partition coefficient (Wildman–Crippen LogP) is 2.16. The number of thiophene rings is 1. The number of carbonyl (C=O) groups excluding carboxylic acids is 1. The topological polar surface area (TPSA) is 67.6 Å². The van der Waals surface area contributed by atoms with Gasteiger partial charge in [-0.1, -0.05) is 35.6 Å². The van der Waals surface area contributed by atoms with Crippen LogP contribution in [0.2, 0.25) is 0 Å². The molecule has 6 nitrogen and oxygen atoms in total. The van der Waals surface area contributed by atoms with Crippen LogP contribution < -0.4 is 15.0 Å². The van der Waals surface area contributed by atoms with Crippen molar-refractivity contribution in [2.75, 3.05) is 11.4 Å². The normalized spacial score (nSPS) is 15.9. The smallest absolute Gasteiger partial charge is 0.291 e. The Labute approximate surface area is 155 Å². The second kappa shape index (κ2) is 5.58. The van der Waals surface area contributed by atoms with E-state index >= 15 is 0 Å². The fourth-order valence-corrected chi connectivity index (χ4v) is 4.86. The summed E-state index contributed by atoms with van der Waals surface area (Å²) in [4.78, 5) is 33.4. The van der Waals surface area contributed by atoms with E-state index < -0.39 is 0 Å². The summed E-state index contributed by atoms with van der Waals surface area (Å²) in [5, 5.41) is 6.28. The quantitative estimate of drug-likeness (QED) is 0.535. The van der Waals surface area contributed by atoms with Gasteiger partial charge in [-0.05, 0) is 24.4 Å². The molecule has 0 spiro atoms. The van der Waals surface area contributed by atoms with Gasteiger partial charge in [0.2, 0.25) is 4.96 Å². The maximum absolute atomic E-state index is 12.9. The lowest BCUT2D eigenvalue weighted by Crippen LogP contribution is -2.32. The van der Waals surface area contributed by atoms with E-state index in [1.165, 1.54) is 27.2 Å². The number of likely N-dealkylation sites (N-methyl/N-ethyl adjacent to an activating group) is 1. The Bertz CT molecular complexity index is 1270. The van der Waals surface area contributed by atoms with Crippen molar-refractivity contribution in [1.82, 2.24) is 14.6 Å². The summed E-state index contributed by atoms with van der Waals surface area (Å²) in [6, 6.07) is 11.4. The van der Waals surface area contributed by atoms with Crippen molar-refractivity contribution in [3.8, 4) is 10.7 Å². The van der Waals surface area contributed by atoms with E-state index in [0.717, 1.165) is 16.1 Å². The minimum absolute atomic E-state index is 0.145. The number of hydrogen-bond donors (Lipinski definition) is 0. The molecule has 1 aliphatic heterocycles. The van der Waals surface area contributed by atoms with Crippen LogP contribution in [0.1, 0.15) is 12.5 Å². The van der Waals surface area contributed by atoms with Crippen molar-refractivity contribution >= 4 is 44.8 Å². The molecule has 1 aliphatic rings. The van der Waals surface area contributed by atoms with Gasteiger partial charge in [0.1, 0.15) is 4.53 Å². The van der Waals surface area contributed by atoms with Crippen LogP contribution in [-0.4, -0.2) is 27.0 Å². The Hall–Kier alpha value is -2.84. The molecule has 0 radical (unpaired) electrons. The van der Waals surface area contributed by atoms with E-state index in [1.807, 2.05) is 48.7 Å². The lowest BCUT2D eigenvalue weighted by molar-refractivity contribution is -0.113. The average molecular weight is 380 g/mol. The van der Waals surface area contributed by atoms with Crippen LogP contribution in [-0.2, 0) is 4.79 Å². The summed E-state index contributed by atoms with van der Waals surface area (Å²) in [6.07, 6.45) is 0. The van der Waals surface area contributed by atoms with Crippen molar-refractivity contribution in [2.24, 2.45) is 0 Å². The number of nitrogens with zero attached hydrogens (tertiary/aromatic N) is 4. The summed E-state index contributed by atoms with van der Waals surface area (Å²) < 4.78 is 1.69. The second-order valence-corrected chi connectivity index (χ2v) is 7.71. The number of anilines is 1. The number of hydrogen-bond acceptors (Lipinski definition) is 6. The molecule has 0 fully saturated rings. The van der Waals surface area contributed by atoms with E-state index in [4.69, 9.17) is 0 Å². The lowest BCUT2D eigenvalue weighted by Gasteiger charge is -2.13. The largest absolute Gasteiger partial charge is 0.308 e. The number of aromatic nitrogens is 3. The number of rotatable bonds is 2. The van der Waals surface area contributed by atoms with Crippen LogP contribution in [0.15, 0.2) is 46.6 Å². The molecular formula is C18H12N4O2S2. The third-order valence-corrected chi connectivity index (χ3v) is 6.26. The third-order valence-electron chi connectivity index (χ3n) is 4.37. The first kappa shape index (κ1) is 15.4. The van der Waals surface area contributed by atoms with Crippen molar-refractivity contribution in [1.29, 1.82) is 0 Å². The van der Waals surface area contributed by atoms with Crippen molar-refractivity contribution < 1.29 is 4.79 Å². The number of amides is 1. The fraction of sp³-hybridized carbons (Fsp3) is 0.111. The van der Waals surface area contributed by atoms with Crippen LogP contribution in [0.25, 0.3) is 21.2 Å². The van der Waals surface area contributed by atoms with Gasteiger partial charge in [-0.2, -0.15) is 9.50 Å². The molecule has 5 rings (SSSR count). The van der Waals surface area contributed by atoms with Crippen LogP contribution in [0.5, 0.6) is 0 Å². The Morgan fingerprint density at radius 1 is 1.12 bits per heavy atom. The highest BCUT2D eigenvalue weighted by Gasteiger charge is 2.33. The molecule has 4 heterocycles. The van der Waals surface area contributed by atoms with Crippen LogP contribution in [0.4, 0.5) is 5.69 Å². The first-order valence-electron chi connectivity index (χ1n) is 8.08. The standard InChI is InChI=1S/C18H12N4O2S2/c1-2-21-11-7-4-3-6-10(11)13(16(21)23)14-17(24)22-18(26-14)19-15(20-22)12-8-5-9-25-12/h3-9H,2H2,1H3. The van der Waals surface area contributed by atoms with Gasteiger partial charge in [0.15, 0.2) is 5.82 Å². The van der Waals surface area contributed by atoms with Crippen molar-refractivity contribution in [3.63, 3.8) is 0 Å². The molecule has 3 aromatic heterocycles. The van der Waals surface area contributed by atoms with Gasteiger partial charge in [-0.15, -0.1) is 16.4 Å². The molecule has 1 amide bonds. The molecule has 128 valence electrons. The zero-order chi connectivity index (χ0) is 17.8. The number of para-hydroxylation sites is 1. The molecule has 0 bridgehead atoms. The SMILES string of the molecule is CCN1C(=O)C(=c2sc3nc(-c4cccs4)nn3c2=O)c2ccccc21. The van der Waals surface area contributed by atoms with E-state index in [1.54, 1.807) is 4.90 Å². The summed E-state index contributed by atoms with van der Waals surface area (Å²) >= 11 is 2.74. The highest BCUT2D eigenvalue weighted by Crippen LogP contribution is 2.34. The Morgan fingerprint density at radius 3 is 2.69 bits per heavy atom. The van der Waals surface area contributed by atoms with Crippen LogP contribution in [0.3, 0.4) is 0 Å². The molecule has 0 unspecified atom stereocenters. The van der Waals surface area contributed by atoms with Crippen molar-refractivity contribution in [3.05, 3.63) is 62.2 Å². The minimum atomic E-state index is -0.295. The minimum Gasteiger partial charge on any atom is -0.308 e. The molecule has 4 aromatic rings. The summed E-state index contributed by atoms with van der Waals surface area (Å²) in [5.41, 5.74) is 1.78. The Morgan fingerprint density at radius 2 is 1.96 bits per heavy atom. The zero-order valence-corrected chi connectivity index (χ0v) is 15.3. The van der Waals surface area contributed by atoms with Gasteiger partial charge in [-0.25, -0.2) is 0 Å². The van der Waals surface area contributed by atoms with Gasteiger partial charge in [0.05, 0.1) is 16.1 Å². The highest BCUT2D eigenvalue weighted by molar-refractivity contribution is 7.15. The molecule has 0 aliphatic carbocycles. The maximum Gasteiger partial charge on any atom is 0.291 e.